The summed E-state index contributed by atoms with van der Waals surface area (Å²) < 4.78 is 1.98. The molecule has 0 radical (unpaired) electrons. The molecule has 0 atom stereocenters. The number of imidazole rings is 1. The van der Waals surface area contributed by atoms with Gasteiger partial charge < -0.3 is 0 Å². The second kappa shape index (κ2) is 4.86. The minimum atomic E-state index is 0.498. The Balaban J connectivity index is 2.23. The van der Waals surface area contributed by atoms with Crippen LogP contribution >= 0.6 is 23.4 Å². The van der Waals surface area contributed by atoms with Crippen molar-refractivity contribution in [2.75, 3.05) is 5.75 Å². The molecular formula is C10H12ClN3S. The number of rotatable bonds is 4. The van der Waals surface area contributed by atoms with Crippen LogP contribution in [0.4, 0.5) is 0 Å². The fourth-order valence-corrected chi connectivity index (χ4v) is 2.47. The lowest BCUT2D eigenvalue weighted by Crippen LogP contribution is -1.89. The van der Waals surface area contributed by atoms with Crippen LogP contribution in [-0.2, 0) is 0 Å². The summed E-state index contributed by atoms with van der Waals surface area (Å²) >= 11 is 7.64. The summed E-state index contributed by atoms with van der Waals surface area (Å²) in [5, 5.41) is 1.63. The van der Waals surface area contributed by atoms with Crippen LogP contribution in [0.5, 0.6) is 0 Å². The molecule has 5 heteroatoms. The first-order valence-corrected chi connectivity index (χ1v) is 6.29. The molecule has 0 bridgehead atoms. The number of hydrogen-bond acceptors (Lipinski definition) is 3. The van der Waals surface area contributed by atoms with E-state index in [1.165, 1.54) is 12.8 Å². The van der Waals surface area contributed by atoms with Crippen molar-refractivity contribution in [1.29, 1.82) is 0 Å². The van der Waals surface area contributed by atoms with Crippen molar-refractivity contribution < 1.29 is 0 Å². The van der Waals surface area contributed by atoms with Gasteiger partial charge in [-0.15, -0.1) is 11.8 Å². The summed E-state index contributed by atoms with van der Waals surface area (Å²) in [5.41, 5.74) is 0.846. The van der Waals surface area contributed by atoms with Crippen molar-refractivity contribution >= 4 is 29.0 Å². The molecule has 0 saturated heterocycles. The Morgan fingerprint density at radius 3 is 3.07 bits per heavy atom. The normalized spacial score (nSPS) is 11.1. The van der Waals surface area contributed by atoms with Crippen LogP contribution in [0.2, 0.25) is 5.15 Å². The lowest BCUT2D eigenvalue weighted by molar-refractivity contribution is 0.893. The van der Waals surface area contributed by atoms with Crippen LogP contribution in [0.25, 0.3) is 5.65 Å². The molecule has 0 aromatic carbocycles. The van der Waals surface area contributed by atoms with E-state index in [0.717, 1.165) is 16.4 Å². The van der Waals surface area contributed by atoms with E-state index in [2.05, 4.69) is 16.9 Å². The average molecular weight is 242 g/mol. The molecule has 0 amide bonds. The molecule has 0 aliphatic carbocycles. The number of unbranched alkanes of at least 4 members (excludes halogenated alkanes) is 1. The number of halogens is 1. The zero-order valence-corrected chi connectivity index (χ0v) is 10.1. The van der Waals surface area contributed by atoms with Crippen LogP contribution in [0, 0.1) is 0 Å². The van der Waals surface area contributed by atoms with E-state index in [1.54, 1.807) is 24.2 Å². The van der Waals surface area contributed by atoms with Gasteiger partial charge in [-0.2, -0.15) is 0 Å². The quantitative estimate of drug-likeness (QED) is 0.608. The highest BCUT2D eigenvalue weighted by molar-refractivity contribution is 7.99. The first kappa shape index (κ1) is 10.8. The number of fused-ring (bicyclic) bond motifs is 1. The van der Waals surface area contributed by atoms with Crippen LogP contribution in [0.15, 0.2) is 23.6 Å². The first-order valence-electron chi connectivity index (χ1n) is 4.92. The van der Waals surface area contributed by atoms with E-state index in [4.69, 9.17) is 11.6 Å². The van der Waals surface area contributed by atoms with Gasteiger partial charge in [0, 0.05) is 6.20 Å². The molecule has 0 spiro atoms. The van der Waals surface area contributed by atoms with Crippen LogP contribution in [0.3, 0.4) is 0 Å². The van der Waals surface area contributed by atoms with Crippen LogP contribution in [0.1, 0.15) is 19.8 Å². The minimum absolute atomic E-state index is 0.498. The molecule has 0 fully saturated rings. The Hall–Kier alpha value is -0.740. The van der Waals surface area contributed by atoms with E-state index in [0.29, 0.717) is 5.15 Å². The van der Waals surface area contributed by atoms with Crippen LogP contribution < -0.4 is 0 Å². The fraction of sp³-hybridized carbons (Fsp3) is 0.400. The summed E-state index contributed by atoms with van der Waals surface area (Å²) in [6, 6.07) is 0. The average Bonchev–Trinajstić information content (AvgIpc) is 2.62. The monoisotopic (exact) mass is 241 g/mol. The lowest BCUT2D eigenvalue weighted by atomic mass is 10.4. The van der Waals surface area contributed by atoms with Gasteiger partial charge in [0.25, 0.3) is 0 Å². The molecule has 2 heterocycles. The van der Waals surface area contributed by atoms with Crippen molar-refractivity contribution in [2.45, 2.75) is 24.8 Å². The van der Waals surface area contributed by atoms with Crippen molar-refractivity contribution in [3.05, 3.63) is 23.7 Å². The highest BCUT2D eigenvalue weighted by atomic mass is 35.5. The van der Waals surface area contributed by atoms with Crippen molar-refractivity contribution in [1.82, 2.24) is 14.4 Å². The molecular weight excluding hydrogens is 230 g/mol. The molecule has 0 aliphatic rings. The summed E-state index contributed by atoms with van der Waals surface area (Å²) in [6.07, 6.45) is 7.79. The van der Waals surface area contributed by atoms with Crippen LogP contribution in [-0.4, -0.2) is 20.1 Å². The van der Waals surface area contributed by atoms with Gasteiger partial charge in [-0.3, -0.25) is 4.40 Å². The molecule has 0 N–H and O–H groups in total. The Morgan fingerprint density at radius 1 is 1.40 bits per heavy atom. The fourth-order valence-electron chi connectivity index (χ4n) is 1.27. The lowest BCUT2D eigenvalue weighted by Gasteiger charge is -2.00. The van der Waals surface area contributed by atoms with E-state index >= 15 is 0 Å². The minimum Gasteiger partial charge on any atom is -0.290 e. The van der Waals surface area contributed by atoms with Gasteiger partial charge in [0.05, 0.1) is 17.4 Å². The number of aromatic nitrogens is 3. The summed E-state index contributed by atoms with van der Waals surface area (Å²) in [4.78, 5) is 8.25. The second-order valence-electron chi connectivity index (χ2n) is 3.24. The molecule has 2 rings (SSSR count). The summed E-state index contributed by atoms with van der Waals surface area (Å²) in [7, 11) is 0. The maximum absolute atomic E-state index is 5.84. The maximum atomic E-state index is 5.84. The van der Waals surface area contributed by atoms with Gasteiger partial charge in [-0.05, 0) is 12.2 Å². The van der Waals surface area contributed by atoms with Crippen molar-refractivity contribution in [2.24, 2.45) is 0 Å². The number of nitrogens with zero attached hydrogens (tertiary/aromatic N) is 3. The smallest absolute Gasteiger partial charge is 0.156 e. The van der Waals surface area contributed by atoms with Gasteiger partial charge in [0.15, 0.2) is 5.65 Å². The summed E-state index contributed by atoms with van der Waals surface area (Å²) in [6.45, 7) is 2.19. The third-order valence-corrected chi connectivity index (χ3v) is 3.36. The molecule has 15 heavy (non-hydrogen) atoms. The van der Waals surface area contributed by atoms with Gasteiger partial charge >= 0.3 is 0 Å². The van der Waals surface area contributed by atoms with E-state index in [9.17, 15) is 0 Å². The van der Waals surface area contributed by atoms with Gasteiger partial charge in [-0.25, -0.2) is 9.97 Å². The first-order chi connectivity index (χ1) is 7.31. The predicted molar refractivity (Wildman–Crippen MR) is 63.6 cm³/mol. The van der Waals surface area contributed by atoms with E-state index in [1.807, 2.05) is 10.6 Å². The SMILES string of the molecule is CCCCSc1cnc2cnc(Cl)cn12. The predicted octanol–water partition coefficient (Wildman–Crippen LogP) is 3.27. The standard InChI is InChI=1S/C10H12ClN3S/c1-2-3-4-15-10-6-13-9-5-12-8(11)7-14(9)10/h5-7H,2-4H2,1H3. The van der Waals surface area contributed by atoms with Gasteiger partial charge in [-0.1, -0.05) is 24.9 Å². The number of thioether (sulfide) groups is 1. The molecule has 0 saturated carbocycles. The summed E-state index contributed by atoms with van der Waals surface area (Å²) in [5.74, 6) is 1.12. The van der Waals surface area contributed by atoms with Gasteiger partial charge in [0.2, 0.25) is 0 Å². The molecule has 0 aliphatic heterocycles. The maximum Gasteiger partial charge on any atom is 0.156 e. The van der Waals surface area contributed by atoms with Crippen molar-refractivity contribution in [3.63, 3.8) is 0 Å². The molecule has 2 aromatic rings. The Morgan fingerprint density at radius 2 is 2.27 bits per heavy atom. The van der Waals surface area contributed by atoms with Gasteiger partial charge in [0.1, 0.15) is 5.15 Å². The third-order valence-electron chi connectivity index (χ3n) is 2.08. The van der Waals surface area contributed by atoms with Crippen molar-refractivity contribution in [3.8, 4) is 0 Å². The third kappa shape index (κ3) is 2.44. The largest absolute Gasteiger partial charge is 0.290 e. The number of hydrogen-bond donors (Lipinski definition) is 0. The zero-order valence-electron chi connectivity index (χ0n) is 8.48. The molecule has 0 unspecified atom stereocenters. The Labute approximate surface area is 97.9 Å². The highest BCUT2D eigenvalue weighted by Gasteiger charge is 2.04. The molecule has 80 valence electrons. The molecule has 2 aromatic heterocycles. The topological polar surface area (TPSA) is 30.2 Å². The highest BCUT2D eigenvalue weighted by Crippen LogP contribution is 2.21. The molecule has 3 nitrogen and oxygen atoms in total. The Bertz CT molecular complexity index is 455. The second-order valence-corrected chi connectivity index (χ2v) is 4.74. The zero-order chi connectivity index (χ0) is 10.7. The Kier molecular flexibility index (Phi) is 3.49. The van der Waals surface area contributed by atoms with E-state index < -0.39 is 0 Å². The van der Waals surface area contributed by atoms with E-state index in [-0.39, 0.29) is 0 Å².